The van der Waals surface area contributed by atoms with Crippen LogP contribution in [0.15, 0.2) is 42.6 Å². The predicted molar refractivity (Wildman–Crippen MR) is 84.4 cm³/mol. The summed E-state index contributed by atoms with van der Waals surface area (Å²) in [6.45, 7) is 3.86. The molecule has 1 aliphatic rings. The highest BCUT2D eigenvalue weighted by Crippen LogP contribution is 2.26. The van der Waals surface area contributed by atoms with E-state index in [0.717, 1.165) is 31.0 Å². The van der Waals surface area contributed by atoms with Crippen LogP contribution in [0.5, 0.6) is 0 Å². The van der Waals surface area contributed by atoms with Gasteiger partial charge >= 0.3 is 6.03 Å². The number of hydrogen-bond donors (Lipinski definition) is 1. The molecule has 5 heteroatoms. The van der Waals surface area contributed by atoms with E-state index >= 15 is 0 Å². The van der Waals surface area contributed by atoms with E-state index in [1.165, 1.54) is 5.56 Å². The minimum atomic E-state index is -0.0188. The molecule has 1 aromatic heterocycles. The molecule has 22 heavy (non-hydrogen) atoms. The van der Waals surface area contributed by atoms with Gasteiger partial charge < -0.3 is 10.2 Å². The monoisotopic (exact) mass is 296 g/mol. The van der Waals surface area contributed by atoms with Crippen LogP contribution >= 0.6 is 0 Å². The number of likely N-dealkylation sites (tertiary alicyclic amines) is 1. The van der Waals surface area contributed by atoms with Gasteiger partial charge in [-0.05, 0) is 25.0 Å². The highest BCUT2D eigenvalue weighted by Gasteiger charge is 2.26. The summed E-state index contributed by atoms with van der Waals surface area (Å²) in [6.07, 6.45) is 2.73. The Morgan fingerprint density at radius 2 is 2.14 bits per heavy atom. The highest BCUT2D eigenvalue weighted by molar-refractivity contribution is 5.74. The number of rotatable bonds is 3. The summed E-state index contributed by atoms with van der Waals surface area (Å²) in [5.41, 5.74) is 2.14. The smallest absolute Gasteiger partial charge is 0.317 e. The lowest BCUT2D eigenvalue weighted by atomic mass is 9.99. The fourth-order valence-corrected chi connectivity index (χ4v) is 2.82. The Balaban J connectivity index is 1.53. The minimum Gasteiger partial charge on any atom is -0.332 e. The van der Waals surface area contributed by atoms with Crippen molar-refractivity contribution < 1.29 is 4.79 Å². The van der Waals surface area contributed by atoms with Crippen LogP contribution in [0.2, 0.25) is 0 Å². The van der Waals surface area contributed by atoms with Crippen molar-refractivity contribution in [2.75, 3.05) is 13.1 Å². The number of aryl methyl sites for hydroxylation is 1. The lowest BCUT2D eigenvalue weighted by Crippen LogP contribution is -2.38. The summed E-state index contributed by atoms with van der Waals surface area (Å²) in [6, 6.07) is 12.2. The summed E-state index contributed by atoms with van der Waals surface area (Å²) in [5, 5.41) is 2.94. The molecule has 0 aliphatic carbocycles. The van der Waals surface area contributed by atoms with Crippen molar-refractivity contribution in [3.63, 3.8) is 0 Å². The molecule has 2 heterocycles. The van der Waals surface area contributed by atoms with Crippen LogP contribution in [-0.4, -0.2) is 34.0 Å². The van der Waals surface area contributed by atoms with Crippen molar-refractivity contribution in [2.45, 2.75) is 25.8 Å². The first-order valence-corrected chi connectivity index (χ1v) is 7.58. The molecule has 1 atom stereocenters. The van der Waals surface area contributed by atoms with E-state index in [1.807, 2.05) is 24.0 Å². The maximum atomic E-state index is 12.3. The number of amides is 2. The first-order chi connectivity index (χ1) is 10.7. The molecule has 0 radical (unpaired) electrons. The lowest BCUT2D eigenvalue weighted by Gasteiger charge is -2.17. The zero-order valence-corrected chi connectivity index (χ0v) is 12.7. The third-order valence-corrected chi connectivity index (χ3v) is 4.00. The third kappa shape index (κ3) is 3.42. The molecule has 2 amide bonds. The number of nitrogens with zero attached hydrogens (tertiary/aromatic N) is 3. The fraction of sp³-hybridized carbons (Fsp3) is 0.353. The van der Waals surface area contributed by atoms with Crippen molar-refractivity contribution in [3.8, 4) is 0 Å². The fourth-order valence-electron chi connectivity index (χ4n) is 2.82. The number of urea groups is 1. The highest BCUT2D eigenvalue weighted by atomic mass is 16.2. The second-order valence-corrected chi connectivity index (χ2v) is 5.60. The van der Waals surface area contributed by atoms with Crippen LogP contribution in [0.25, 0.3) is 0 Å². The SMILES string of the molecule is Cc1nccc(CNC(=O)N2CC[C@@H](c3ccccc3)C2)n1. The quantitative estimate of drug-likeness (QED) is 0.946. The molecule has 114 valence electrons. The summed E-state index contributed by atoms with van der Waals surface area (Å²) in [7, 11) is 0. The van der Waals surface area contributed by atoms with Crippen LogP contribution in [0.3, 0.4) is 0 Å². The molecule has 0 bridgehead atoms. The normalized spacial score (nSPS) is 17.5. The van der Waals surface area contributed by atoms with E-state index in [-0.39, 0.29) is 6.03 Å². The molecule has 1 saturated heterocycles. The Hall–Kier alpha value is -2.43. The van der Waals surface area contributed by atoms with Gasteiger partial charge in [-0.2, -0.15) is 0 Å². The number of carbonyl (C=O) groups excluding carboxylic acids is 1. The average molecular weight is 296 g/mol. The van der Waals surface area contributed by atoms with Crippen LogP contribution in [0.4, 0.5) is 4.79 Å². The van der Waals surface area contributed by atoms with Crippen molar-refractivity contribution in [1.29, 1.82) is 0 Å². The minimum absolute atomic E-state index is 0.0188. The molecule has 0 unspecified atom stereocenters. The Labute approximate surface area is 130 Å². The Kier molecular flexibility index (Phi) is 4.32. The molecular formula is C17H20N4O. The number of hydrogen-bond acceptors (Lipinski definition) is 3. The van der Waals surface area contributed by atoms with Gasteiger partial charge in [0.15, 0.2) is 0 Å². The molecular weight excluding hydrogens is 276 g/mol. The molecule has 0 saturated carbocycles. The molecule has 1 N–H and O–H groups in total. The van der Waals surface area contributed by atoms with E-state index in [9.17, 15) is 4.79 Å². The number of carbonyl (C=O) groups is 1. The lowest BCUT2D eigenvalue weighted by molar-refractivity contribution is 0.207. The molecule has 1 fully saturated rings. The van der Waals surface area contributed by atoms with Gasteiger partial charge in [0, 0.05) is 25.2 Å². The molecule has 3 rings (SSSR count). The summed E-state index contributed by atoms with van der Waals surface area (Å²) >= 11 is 0. The van der Waals surface area contributed by atoms with Gasteiger partial charge in [0.2, 0.25) is 0 Å². The topological polar surface area (TPSA) is 58.1 Å². The largest absolute Gasteiger partial charge is 0.332 e. The number of benzene rings is 1. The first kappa shape index (κ1) is 14.5. The summed E-state index contributed by atoms with van der Waals surface area (Å²) < 4.78 is 0. The van der Waals surface area contributed by atoms with Crippen molar-refractivity contribution >= 4 is 6.03 Å². The second-order valence-electron chi connectivity index (χ2n) is 5.60. The van der Waals surface area contributed by atoms with Crippen molar-refractivity contribution in [3.05, 3.63) is 59.7 Å². The zero-order chi connectivity index (χ0) is 15.4. The molecule has 1 aliphatic heterocycles. The maximum absolute atomic E-state index is 12.3. The van der Waals surface area contributed by atoms with Gasteiger partial charge in [0.1, 0.15) is 5.82 Å². The van der Waals surface area contributed by atoms with Crippen LogP contribution in [0, 0.1) is 6.92 Å². The Morgan fingerprint density at radius 3 is 2.91 bits per heavy atom. The average Bonchev–Trinajstić information content (AvgIpc) is 3.04. The van der Waals surface area contributed by atoms with Crippen LogP contribution < -0.4 is 5.32 Å². The summed E-state index contributed by atoms with van der Waals surface area (Å²) in [5.74, 6) is 1.16. The van der Waals surface area contributed by atoms with Crippen LogP contribution in [-0.2, 0) is 6.54 Å². The Bertz CT molecular complexity index is 644. The first-order valence-electron chi connectivity index (χ1n) is 7.58. The Morgan fingerprint density at radius 1 is 1.32 bits per heavy atom. The standard InChI is InChI=1S/C17H20N4O/c1-13-18-9-7-16(20-13)11-19-17(22)21-10-8-15(12-21)14-5-3-2-4-6-14/h2-7,9,15H,8,10-12H2,1H3,(H,19,22)/t15-/m1/s1. The second kappa shape index (κ2) is 6.56. The van der Waals surface area contributed by atoms with Gasteiger partial charge in [-0.15, -0.1) is 0 Å². The van der Waals surface area contributed by atoms with Gasteiger partial charge in [0.05, 0.1) is 12.2 Å². The van der Waals surface area contributed by atoms with E-state index in [1.54, 1.807) is 6.20 Å². The van der Waals surface area contributed by atoms with Gasteiger partial charge in [-0.1, -0.05) is 30.3 Å². The van der Waals surface area contributed by atoms with E-state index in [4.69, 9.17) is 0 Å². The molecule has 1 aromatic carbocycles. The van der Waals surface area contributed by atoms with Crippen LogP contribution in [0.1, 0.15) is 29.4 Å². The van der Waals surface area contributed by atoms with E-state index in [0.29, 0.717) is 12.5 Å². The number of aromatic nitrogens is 2. The van der Waals surface area contributed by atoms with Gasteiger partial charge in [-0.25, -0.2) is 14.8 Å². The summed E-state index contributed by atoms with van der Waals surface area (Å²) in [4.78, 5) is 22.5. The zero-order valence-electron chi connectivity index (χ0n) is 12.7. The molecule has 5 nitrogen and oxygen atoms in total. The van der Waals surface area contributed by atoms with Crippen molar-refractivity contribution in [2.24, 2.45) is 0 Å². The molecule has 2 aromatic rings. The van der Waals surface area contributed by atoms with Crippen molar-refractivity contribution in [1.82, 2.24) is 20.2 Å². The number of nitrogens with one attached hydrogen (secondary N) is 1. The van der Waals surface area contributed by atoms with E-state index < -0.39 is 0 Å². The third-order valence-electron chi connectivity index (χ3n) is 4.00. The maximum Gasteiger partial charge on any atom is 0.317 e. The van der Waals surface area contributed by atoms with Gasteiger partial charge in [-0.3, -0.25) is 0 Å². The van der Waals surface area contributed by atoms with E-state index in [2.05, 4.69) is 39.6 Å². The van der Waals surface area contributed by atoms with Gasteiger partial charge in [0.25, 0.3) is 0 Å². The molecule has 0 spiro atoms. The predicted octanol–water partition coefficient (Wildman–Crippen LogP) is 2.48.